The number of carbonyl (C=O) groups is 1. The number of halogens is 1. The normalized spacial score (nSPS) is 16.9. The van der Waals surface area contributed by atoms with E-state index in [4.69, 9.17) is 16.3 Å². The van der Waals surface area contributed by atoms with E-state index < -0.39 is 0 Å². The molecule has 1 saturated heterocycles. The van der Waals surface area contributed by atoms with Gasteiger partial charge >= 0.3 is 0 Å². The molecule has 0 radical (unpaired) electrons. The van der Waals surface area contributed by atoms with Crippen LogP contribution in [0.2, 0.25) is 5.02 Å². The lowest BCUT2D eigenvalue weighted by Gasteiger charge is -2.11. The average molecular weight is 370 g/mol. The standard InChI is InChI=1S/C20H20ClN3O2/c21-15-8-9-18-17(11-15)20(14-5-2-1-3-6-14)23-24(18)13-19(25)22-12-16-7-4-10-26-16/h1-3,5-6,8-9,11,16H,4,7,10,12-13H2,(H,22,25)/t16-/m1/s1. The third-order valence-corrected chi connectivity index (χ3v) is 4.84. The Morgan fingerprint density at radius 3 is 2.88 bits per heavy atom. The van der Waals surface area contributed by atoms with Crippen molar-refractivity contribution in [3.8, 4) is 11.3 Å². The van der Waals surface area contributed by atoms with Gasteiger partial charge in [0.25, 0.3) is 0 Å². The minimum Gasteiger partial charge on any atom is -0.376 e. The predicted octanol–water partition coefficient (Wildman–Crippen LogP) is 3.65. The van der Waals surface area contributed by atoms with Gasteiger partial charge in [-0.2, -0.15) is 5.10 Å². The van der Waals surface area contributed by atoms with Crippen LogP contribution in [0.4, 0.5) is 0 Å². The molecule has 4 rings (SSSR count). The highest BCUT2D eigenvalue weighted by Gasteiger charge is 2.18. The van der Waals surface area contributed by atoms with Gasteiger partial charge in [0.05, 0.1) is 11.6 Å². The van der Waals surface area contributed by atoms with Crippen LogP contribution in [0.1, 0.15) is 12.8 Å². The van der Waals surface area contributed by atoms with Crippen molar-refractivity contribution in [1.82, 2.24) is 15.1 Å². The number of hydrogen-bond acceptors (Lipinski definition) is 3. The number of aromatic nitrogens is 2. The molecule has 0 spiro atoms. The lowest BCUT2D eigenvalue weighted by Crippen LogP contribution is -2.34. The molecule has 1 aliphatic heterocycles. The number of nitrogens with zero attached hydrogens (tertiary/aromatic N) is 2. The Morgan fingerprint density at radius 2 is 2.12 bits per heavy atom. The van der Waals surface area contributed by atoms with Crippen molar-refractivity contribution in [2.75, 3.05) is 13.2 Å². The first-order valence-electron chi connectivity index (χ1n) is 8.80. The fourth-order valence-electron chi connectivity index (χ4n) is 3.31. The molecule has 6 heteroatoms. The minimum atomic E-state index is -0.0699. The van der Waals surface area contributed by atoms with E-state index in [1.54, 1.807) is 4.68 Å². The highest BCUT2D eigenvalue weighted by molar-refractivity contribution is 6.31. The summed E-state index contributed by atoms with van der Waals surface area (Å²) < 4.78 is 7.28. The van der Waals surface area contributed by atoms with Gasteiger partial charge in [0.15, 0.2) is 0 Å². The van der Waals surface area contributed by atoms with Gasteiger partial charge in [-0.25, -0.2) is 0 Å². The van der Waals surface area contributed by atoms with Crippen LogP contribution in [0.5, 0.6) is 0 Å². The zero-order valence-corrected chi connectivity index (χ0v) is 15.1. The summed E-state index contributed by atoms with van der Waals surface area (Å²) in [6, 6.07) is 15.5. The first kappa shape index (κ1) is 17.1. The second-order valence-electron chi connectivity index (χ2n) is 6.47. The quantitative estimate of drug-likeness (QED) is 0.746. The maximum atomic E-state index is 12.4. The largest absolute Gasteiger partial charge is 0.376 e. The third-order valence-electron chi connectivity index (χ3n) is 4.60. The van der Waals surface area contributed by atoms with E-state index in [0.29, 0.717) is 11.6 Å². The molecule has 1 atom stereocenters. The van der Waals surface area contributed by atoms with Crippen molar-refractivity contribution >= 4 is 28.4 Å². The van der Waals surface area contributed by atoms with Crippen LogP contribution in [-0.2, 0) is 16.1 Å². The van der Waals surface area contributed by atoms with E-state index in [2.05, 4.69) is 10.4 Å². The van der Waals surface area contributed by atoms with Crippen molar-refractivity contribution in [2.24, 2.45) is 0 Å². The molecule has 1 amide bonds. The van der Waals surface area contributed by atoms with Crippen LogP contribution in [-0.4, -0.2) is 34.9 Å². The predicted molar refractivity (Wildman–Crippen MR) is 102 cm³/mol. The Balaban J connectivity index is 1.59. The van der Waals surface area contributed by atoms with Gasteiger partial charge in [0.2, 0.25) is 5.91 Å². The Labute approximate surface area is 156 Å². The summed E-state index contributed by atoms with van der Waals surface area (Å²) in [4.78, 5) is 12.4. The van der Waals surface area contributed by atoms with Crippen molar-refractivity contribution in [2.45, 2.75) is 25.5 Å². The molecule has 26 heavy (non-hydrogen) atoms. The van der Waals surface area contributed by atoms with E-state index in [0.717, 1.165) is 41.6 Å². The number of rotatable bonds is 5. The van der Waals surface area contributed by atoms with E-state index in [1.165, 1.54) is 0 Å². The van der Waals surface area contributed by atoms with E-state index in [9.17, 15) is 4.79 Å². The van der Waals surface area contributed by atoms with Gasteiger partial charge in [-0.3, -0.25) is 9.48 Å². The monoisotopic (exact) mass is 369 g/mol. The first-order chi connectivity index (χ1) is 12.7. The van der Waals surface area contributed by atoms with Crippen LogP contribution in [0, 0.1) is 0 Å². The molecular weight excluding hydrogens is 350 g/mol. The number of amides is 1. The lowest BCUT2D eigenvalue weighted by molar-refractivity contribution is -0.122. The summed E-state index contributed by atoms with van der Waals surface area (Å²) >= 11 is 6.19. The molecule has 0 bridgehead atoms. The van der Waals surface area contributed by atoms with Crippen LogP contribution < -0.4 is 5.32 Å². The maximum Gasteiger partial charge on any atom is 0.241 e. The number of hydrogen-bond donors (Lipinski definition) is 1. The molecule has 0 saturated carbocycles. The Hall–Kier alpha value is -2.37. The van der Waals surface area contributed by atoms with Crippen LogP contribution >= 0.6 is 11.6 Å². The molecule has 0 aliphatic carbocycles. The molecule has 1 aliphatic rings. The summed E-state index contributed by atoms with van der Waals surface area (Å²) in [7, 11) is 0. The first-order valence-corrected chi connectivity index (χ1v) is 9.18. The molecule has 1 aromatic heterocycles. The molecule has 2 aromatic carbocycles. The molecule has 1 N–H and O–H groups in total. The maximum absolute atomic E-state index is 12.4. The highest BCUT2D eigenvalue weighted by Crippen LogP contribution is 2.30. The van der Waals surface area contributed by atoms with Gasteiger partial charge < -0.3 is 10.1 Å². The average Bonchev–Trinajstić information content (AvgIpc) is 3.29. The molecular formula is C20H20ClN3O2. The topological polar surface area (TPSA) is 56.2 Å². The Kier molecular flexibility index (Phi) is 4.91. The Bertz CT molecular complexity index is 917. The lowest BCUT2D eigenvalue weighted by atomic mass is 10.1. The second kappa shape index (κ2) is 7.48. The molecule has 0 unspecified atom stereocenters. The van der Waals surface area contributed by atoms with E-state index in [-0.39, 0.29) is 18.6 Å². The third kappa shape index (κ3) is 3.59. The van der Waals surface area contributed by atoms with Gasteiger partial charge in [0.1, 0.15) is 12.2 Å². The number of fused-ring (bicyclic) bond motifs is 1. The molecule has 3 aromatic rings. The van der Waals surface area contributed by atoms with Gasteiger partial charge in [0, 0.05) is 29.1 Å². The second-order valence-corrected chi connectivity index (χ2v) is 6.91. The van der Waals surface area contributed by atoms with Crippen molar-refractivity contribution in [3.63, 3.8) is 0 Å². The number of carbonyl (C=O) groups excluding carboxylic acids is 1. The number of benzene rings is 2. The van der Waals surface area contributed by atoms with Crippen molar-refractivity contribution in [3.05, 3.63) is 53.6 Å². The van der Waals surface area contributed by atoms with Crippen LogP contribution in [0.25, 0.3) is 22.2 Å². The highest BCUT2D eigenvalue weighted by atomic mass is 35.5. The number of ether oxygens (including phenoxy) is 1. The van der Waals surface area contributed by atoms with E-state index >= 15 is 0 Å². The van der Waals surface area contributed by atoms with Crippen molar-refractivity contribution in [1.29, 1.82) is 0 Å². The summed E-state index contributed by atoms with van der Waals surface area (Å²) in [5.74, 6) is -0.0699. The summed E-state index contributed by atoms with van der Waals surface area (Å²) in [6.45, 7) is 1.50. The zero-order chi connectivity index (χ0) is 17.9. The van der Waals surface area contributed by atoms with Gasteiger partial charge in [-0.1, -0.05) is 41.9 Å². The smallest absolute Gasteiger partial charge is 0.241 e. The summed E-state index contributed by atoms with van der Waals surface area (Å²) in [5.41, 5.74) is 2.72. The molecule has 2 heterocycles. The SMILES string of the molecule is O=C(Cn1nc(-c2ccccc2)c2cc(Cl)ccc21)NC[C@H]1CCCO1. The van der Waals surface area contributed by atoms with Crippen LogP contribution in [0.3, 0.4) is 0 Å². The van der Waals surface area contributed by atoms with Crippen molar-refractivity contribution < 1.29 is 9.53 Å². The van der Waals surface area contributed by atoms with Gasteiger partial charge in [-0.05, 0) is 31.0 Å². The van der Waals surface area contributed by atoms with E-state index in [1.807, 2.05) is 48.5 Å². The summed E-state index contributed by atoms with van der Waals surface area (Å²) in [6.07, 6.45) is 2.19. The molecule has 1 fully saturated rings. The van der Waals surface area contributed by atoms with Crippen LogP contribution in [0.15, 0.2) is 48.5 Å². The minimum absolute atomic E-state index is 0.0699. The molecule has 5 nitrogen and oxygen atoms in total. The fraction of sp³-hybridized carbons (Fsp3) is 0.300. The summed E-state index contributed by atoms with van der Waals surface area (Å²) in [5, 5.41) is 9.22. The zero-order valence-electron chi connectivity index (χ0n) is 14.3. The Morgan fingerprint density at radius 1 is 1.27 bits per heavy atom. The van der Waals surface area contributed by atoms with Gasteiger partial charge in [-0.15, -0.1) is 0 Å². The molecule has 134 valence electrons. The fourth-order valence-corrected chi connectivity index (χ4v) is 3.48. The number of nitrogens with one attached hydrogen (secondary N) is 1.